The summed E-state index contributed by atoms with van der Waals surface area (Å²) in [5.74, 6) is 1.63. The molecule has 1 aromatic heterocycles. The smallest absolute Gasteiger partial charge is 0.408 e. The van der Waals surface area contributed by atoms with Crippen LogP contribution in [0.5, 0.6) is 0 Å². The fraction of sp³-hybridized carbons (Fsp3) is 0.571. The van der Waals surface area contributed by atoms with E-state index in [4.69, 9.17) is 4.74 Å². The fourth-order valence-electron chi connectivity index (χ4n) is 2.66. The van der Waals surface area contributed by atoms with Crippen molar-refractivity contribution < 1.29 is 9.53 Å². The first-order chi connectivity index (χ1) is 13.6. The Morgan fingerprint density at radius 3 is 2.50 bits per heavy atom. The summed E-state index contributed by atoms with van der Waals surface area (Å²) in [4.78, 5) is 24.5. The molecule has 0 aliphatic heterocycles. The average molecular weight is 530 g/mol. The molecular formula is C21H35IN6O2. The van der Waals surface area contributed by atoms with Crippen molar-refractivity contribution in [2.24, 2.45) is 4.99 Å². The van der Waals surface area contributed by atoms with Crippen LogP contribution in [-0.2, 0) is 11.2 Å². The standard InChI is InChI=1S/C21H34N6O2.HI/c1-7-22-18(24-14-21(5,6)27-19(28)29-20(2,3)4)23-13-12-17-25-15-10-8-9-11-16(15)26-17;/h8-11H,7,12-14H2,1-6H3,(H,25,26)(H,27,28)(H2,22,23,24);1H. The number of hydrogen-bond donors (Lipinski definition) is 4. The van der Waals surface area contributed by atoms with Gasteiger partial charge in [-0.05, 0) is 53.7 Å². The number of halogens is 1. The molecule has 0 saturated heterocycles. The van der Waals surface area contributed by atoms with E-state index in [9.17, 15) is 4.79 Å². The zero-order valence-corrected chi connectivity index (χ0v) is 21.1. The van der Waals surface area contributed by atoms with Gasteiger partial charge in [0.2, 0.25) is 0 Å². The number of aliphatic imine (C=N–C) groups is 1. The Bertz CT molecular complexity index is 808. The van der Waals surface area contributed by atoms with Crippen LogP contribution in [0.2, 0.25) is 0 Å². The van der Waals surface area contributed by atoms with E-state index in [1.807, 2.05) is 65.8 Å². The monoisotopic (exact) mass is 530 g/mol. The first-order valence-corrected chi connectivity index (χ1v) is 10.0. The topological polar surface area (TPSA) is 103 Å². The number of fused-ring (bicyclic) bond motifs is 1. The van der Waals surface area contributed by atoms with E-state index in [1.54, 1.807) is 0 Å². The van der Waals surface area contributed by atoms with Crippen LogP contribution < -0.4 is 16.0 Å². The summed E-state index contributed by atoms with van der Waals surface area (Å²) in [5.41, 5.74) is 0.941. The van der Waals surface area contributed by atoms with Crippen LogP contribution in [0.25, 0.3) is 11.0 Å². The lowest BCUT2D eigenvalue weighted by Crippen LogP contribution is -2.49. The zero-order chi connectivity index (χ0) is 21.5. The van der Waals surface area contributed by atoms with Gasteiger partial charge in [-0.25, -0.2) is 9.78 Å². The van der Waals surface area contributed by atoms with Gasteiger partial charge in [-0.15, -0.1) is 24.0 Å². The lowest BCUT2D eigenvalue weighted by Gasteiger charge is -2.27. The molecule has 30 heavy (non-hydrogen) atoms. The number of benzene rings is 1. The minimum atomic E-state index is -0.538. The zero-order valence-electron chi connectivity index (χ0n) is 18.8. The molecule has 168 valence electrons. The van der Waals surface area contributed by atoms with E-state index in [0.29, 0.717) is 19.0 Å². The van der Waals surface area contributed by atoms with Gasteiger partial charge in [-0.3, -0.25) is 4.99 Å². The highest BCUT2D eigenvalue weighted by Gasteiger charge is 2.24. The number of carbonyl (C=O) groups excluding carboxylic acids is 1. The number of aromatic amines is 1. The predicted molar refractivity (Wildman–Crippen MR) is 133 cm³/mol. The van der Waals surface area contributed by atoms with Gasteiger partial charge in [-0.2, -0.15) is 0 Å². The number of para-hydroxylation sites is 2. The highest BCUT2D eigenvalue weighted by molar-refractivity contribution is 14.0. The second-order valence-corrected chi connectivity index (χ2v) is 8.58. The molecule has 0 saturated carbocycles. The largest absolute Gasteiger partial charge is 0.444 e. The first-order valence-electron chi connectivity index (χ1n) is 10.0. The molecule has 0 aliphatic carbocycles. The number of hydrogen-bond acceptors (Lipinski definition) is 4. The number of aromatic nitrogens is 2. The van der Waals surface area contributed by atoms with Gasteiger partial charge < -0.3 is 25.7 Å². The number of nitrogens with zero attached hydrogens (tertiary/aromatic N) is 2. The first kappa shape index (κ1) is 26.0. The minimum Gasteiger partial charge on any atom is -0.444 e. The summed E-state index contributed by atoms with van der Waals surface area (Å²) < 4.78 is 5.33. The van der Waals surface area contributed by atoms with E-state index in [1.165, 1.54) is 0 Å². The van der Waals surface area contributed by atoms with Gasteiger partial charge in [-0.1, -0.05) is 12.1 Å². The van der Waals surface area contributed by atoms with Crippen LogP contribution >= 0.6 is 24.0 Å². The molecule has 1 amide bonds. The summed E-state index contributed by atoms with van der Waals surface area (Å²) >= 11 is 0. The third-order valence-electron chi connectivity index (χ3n) is 3.91. The predicted octanol–water partition coefficient (Wildman–Crippen LogP) is 3.58. The molecule has 0 spiro atoms. The van der Waals surface area contributed by atoms with E-state index < -0.39 is 17.2 Å². The number of carbonyl (C=O) groups is 1. The minimum absolute atomic E-state index is 0. The van der Waals surface area contributed by atoms with Gasteiger partial charge in [0.1, 0.15) is 11.4 Å². The van der Waals surface area contributed by atoms with Crippen molar-refractivity contribution >= 4 is 47.1 Å². The van der Waals surface area contributed by atoms with E-state index >= 15 is 0 Å². The number of alkyl carbamates (subject to hydrolysis) is 1. The van der Waals surface area contributed by atoms with Crippen molar-refractivity contribution in [3.05, 3.63) is 30.1 Å². The van der Waals surface area contributed by atoms with Crippen molar-refractivity contribution in [2.75, 3.05) is 19.6 Å². The van der Waals surface area contributed by atoms with Gasteiger partial charge in [0, 0.05) is 19.5 Å². The van der Waals surface area contributed by atoms with Crippen molar-refractivity contribution in [3.63, 3.8) is 0 Å². The number of imidazole rings is 1. The Morgan fingerprint density at radius 2 is 1.87 bits per heavy atom. The second kappa shape index (κ2) is 11.4. The molecule has 0 fully saturated rings. The molecule has 4 N–H and O–H groups in total. The highest BCUT2D eigenvalue weighted by atomic mass is 127. The van der Waals surface area contributed by atoms with Crippen LogP contribution in [0.15, 0.2) is 29.3 Å². The van der Waals surface area contributed by atoms with Crippen LogP contribution in [0.1, 0.15) is 47.4 Å². The molecule has 9 heteroatoms. The number of ether oxygens (including phenoxy) is 1. The molecule has 2 rings (SSSR count). The molecule has 1 aromatic carbocycles. The fourth-order valence-corrected chi connectivity index (χ4v) is 2.66. The Labute approximate surface area is 196 Å². The molecule has 2 aromatic rings. The van der Waals surface area contributed by atoms with E-state index in [-0.39, 0.29) is 24.0 Å². The molecular weight excluding hydrogens is 495 g/mol. The normalized spacial score (nSPS) is 12.3. The van der Waals surface area contributed by atoms with E-state index in [0.717, 1.165) is 29.8 Å². The number of H-pyrrole nitrogens is 1. The van der Waals surface area contributed by atoms with Gasteiger partial charge >= 0.3 is 6.09 Å². The Balaban J connectivity index is 0.00000450. The van der Waals surface area contributed by atoms with Crippen molar-refractivity contribution in [2.45, 2.75) is 59.1 Å². The number of nitrogens with one attached hydrogen (secondary N) is 4. The Kier molecular flexibility index (Phi) is 9.86. The Hall–Kier alpha value is -2.04. The average Bonchev–Trinajstić information content (AvgIpc) is 3.00. The Morgan fingerprint density at radius 1 is 1.17 bits per heavy atom. The molecule has 0 aliphatic rings. The number of rotatable bonds is 7. The van der Waals surface area contributed by atoms with Gasteiger partial charge in [0.25, 0.3) is 0 Å². The summed E-state index contributed by atoms with van der Waals surface area (Å²) in [6.45, 7) is 13.2. The van der Waals surface area contributed by atoms with Crippen molar-refractivity contribution in [1.29, 1.82) is 0 Å². The SMILES string of the molecule is CCNC(=NCC(C)(C)NC(=O)OC(C)(C)C)NCCc1nc2ccccc2[nH]1.I. The molecule has 0 radical (unpaired) electrons. The van der Waals surface area contributed by atoms with Gasteiger partial charge in [0.05, 0.1) is 23.1 Å². The highest BCUT2D eigenvalue weighted by Crippen LogP contribution is 2.11. The van der Waals surface area contributed by atoms with Crippen molar-refractivity contribution in [1.82, 2.24) is 25.9 Å². The maximum absolute atomic E-state index is 12.0. The number of amides is 1. The quantitative estimate of drug-likeness (QED) is 0.249. The molecule has 0 atom stereocenters. The molecule has 8 nitrogen and oxygen atoms in total. The van der Waals surface area contributed by atoms with Crippen LogP contribution in [0, 0.1) is 0 Å². The second-order valence-electron chi connectivity index (χ2n) is 8.58. The van der Waals surface area contributed by atoms with Crippen molar-refractivity contribution in [3.8, 4) is 0 Å². The van der Waals surface area contributed by atoms with Gasteiger partial charge in [0.15, 0.2) is 5.96 Å². The maximum atomic E-state index is 12.0. The van der Waals surface area contributed by atoms with E-state index in [2.05, 4.69) is 30.9 Å². The lowest BCUT2D eigenvalue weighted by atomic mass is 10.1. The van der Waals surface area contributed by atoms with Crippen LogP contribution in [0.3, 0.4) is 0 Å². The molecule has 0 unspecified atom stereocenters. The summed E-state index contributed by atoms with van der Waals surface area (Å²) in [7, 11) is 0. The maximum Gasteiger partial charge on any atom is 0.408 e. The molecule has 1 heterocycles. The van der Waals surface area contributed by atoms with Crippen LogP contribution in [0.4, 0.5) is 4.79 Å². The third kappa shape index (κ3) is 9.19. The summed E-state index contributed by atoms with van der Waals surface area (Å²) in [6, 6.07) is 7.98. The molecule has 0 bridgehead atoms. The van der Waals surface area contributed by atoms with Crippen LogP contribution in [-0.4, -0.2) is 52.8 Å². The summed E-state index contributed by atoms with van der Waals surface area (Å²) in [5, 5.41) is 9.40. The number of guanidine groups is 1. The summed E-state index contributed by atoms with van der Waals surface area (Å²) in [6.07, 6.45) is 0.305. The lowest BCUT2D eigenvalue weighted by molar-refractivity contribution is 0.0476. The third-order valence-corrected chi connectivity index (χ3v) is 3.91.